The molecule has 0 fully saturated rings. The molecule has 0 spiro atoms. The van der Waals surface area contributed by atoms with Crippen molar-refractivity contribution in [2.75, 3.05) is 0 Å². The smallest absolute Gasteiger partial charge is 0.422 e. The number of ether oxygens (including phenoxy) is 2. The molecule has 22 heavy (non-hydrogen) atoms. The molecule has 1 rings (SSSR count). The second kappa shape index (κ2) is 5.39. The van der Waals surface area contributed by atoms with E-state index in [-0.39, 0.29) is 0 Å². The summed E-state index contributed by atoms with van der Waals surface area (Å²) in [6, 6.07) is 2.14. The van der Waals surface area contributed by atoms with E-state index in [0.717, 1.165) is 12.1 Å². The molecule has 0 unspecified atom stereocenters. The van der Waals surface area contributed by atoms with Crippen LogP contribution < -0.4 is 9.47 Å². The van der Waals surface area contributed by atoms with E-state index < -0.39 is 36.1 Å². The largest absolute Gasteiger partial charge is 0.499 e. The standard InChI is InChI=1S/C10H4F10O2/c11-7(12,13)9(17,18)21-5-3-1-2-4-6(5)22-10(19,20)8(14,15)16/h1-4H. The molecule has 2 nitrogen and oxygen atoms in total. The monoisotopic (exact) mass is 346 g/mol. The molecule has 126 valence electrons. The van der Waals surface area contributed by atoms with Crippen LogP contribution in [0.3, 0.4) is 0 Å². The zero-order chi connectivity index (χ0) is 17.4. The maximum atomic E-state index is 12.7. The van der Waals surface area contributed by atoms with E-state index in [4.69, 9.17) is 0 Å². The van der Waals surface area contributed by atoms with Gasteiger partial charge in [-0.15, -0.1) is 0 Å². The summed E-state index contributed by atoms with van der Waals surface area (Å²) in [6.45, 7) is 0. The van der Waals surface area contributed by atoms with Gasteiger partial charge in [0.25, 0.3) is 0 Å². The molecule has 0 aliphatic carbocycles. The molecular formula is C10H4F10O2. The number of halogens is 10. The van der Waals surface area contributed by atoms with Crippen molar-refractivity contribution in [3.8, 4) is 11.5 Å². The highest BCUT2D eigenvalue weighted by molar-refractivity contribution is 5.40. The zero-order valence-electron chi connectivity index (χ0n) is 9.91. The Balaban J connectivity index is 3.12. The highest BCUT2D eigenvalue weighted by atomic mass is 19.4. The zero-order valence-corrected chi connectivity index (χ0v) is 9.91. The van der Waals surface area contributed by atoms with Crippen molar-refractivity contribution in [1.82, 2.24) is 0 Å². The summed E-state index contributed by atoms with van der Waals surface area (Å²) in [6.07, 6.45) is -24.1. The Morgan fingerprint density at radius 3 is 1.05 bits per heavy atom. The Morgan fingerprint density at radius 2 is 0.818 bits per heavy atom. The minimum absolute atomic E-state index is 0.307. The van der Waals surface area contributed by atoms with E-state index >= 15 is 0 Å². The van der Waals surface area contributed by atoms with Crippen LogP contribution in [-0.4, -0.2) is 24.6 Å². The molecule has 12 heteroatoms. The van der Waals surface area contributed by atoms with E-state index in [9.17, 15) is 43.9 Å². The minimum Gasteiger partial charge on any atom is -0.422 e. The summed E-state index contributed by atoms with van der Waals surface area (Å²) in [7, 11) is 0. The number of hydrogen-bond acceptors (Lipinski definition) is 2. The van der Waals surface area contributed by atoms with Gasteiger partial charge in [0.1, 0.15) is 0 Å². The van der Waals surface area contributed by atoms with Crippen molar-refractivity contribution < 1.29 is 53.4 Å². The summed E-state index contributed by atoms with van der Waals surface area (Å²) in [5.41, 5.74) is 0. The molecule has 0 amide bonds. The lowest BCUT2D eigenvalue weighted by atomic mass is 10.3. The Labute approximate surface area is 115 Å². The van der Waals surface area contributed by atoms with Gasteiger partial charge in [0.15, 0.2) is 11.5 Å². The van der Waals surface area contributed by atoms with Crippen LogP contribution in [0.5, 0.6) is 11.5 Å². The van der Waals surface area contributed by atoms with Gasteiger partial charge in [-0.2, -0.15) is 43.9 Å². The molecule has 0 aliphatic rings. The highest BCUT2D eigenvalue weighted by Gasteiger charge is 2.63. The maximum absolute atomic E-state index is 12.7. The second-order valence-electron chi connectivity index (χ2n) is 3.68. The first-order chi connectivity index (χ1) is 9.67. The molecular weight excluding hydrogens is 342 g/mol. The lowest BCUT2D eigenvalue weighted by molar-refractivity contribution is -0.367. The lowest BCUT2D eigenvalue weighted by Gasteiger charge is -2.24. The molecule has 0 saturated heterocycles. The third kappa shape index (κ3) is 3.85. The van der Waals surface area contributed by atoms with Gasteiger partial charge < -0.3 is 9.47 Å². The molecule has 0 aromatic heterocycles. The van der Waals surface area contributed by atoms with Gasteiger partial charge in [0.05, 0.1) is 0 Å². The fourth-order valence-electron chi connectivity index (χ4n) is 1.01. The Bertz CT molecular complexity index is 472. The third-order valence-electron chi connectivity index (χ3n) is 1.99. The van der Waals surface area contributed by atoms with Crippen molar-refractivity contribution in [3.05, 3.63) is 24.3 Å². The average molecular weight is 346 g/mol. The van der Waals surface area contributed by atoms with Crippen LogP contribution in [0.4, 0.5) is 43.9 Å². The number of rotatable bonds is 4. The van der Waals surface area contributed by atoms with Crippen LogP contribution in [0.25, 0.3) is 0 Å². The van der Waals surface area contributed by atoms with Gasteiger partial charge in [-0.1, -0.05) is 12.1 Å². The van der Waals surface area contributed by atoms with E-state index in [1.54, 1.807) is 0 Å². The molecule has 0 atom stereocenters. The number of benzene rings is 1. The molecule has 0 aliphatic heterocycles. The summed E-state index contributed by atoms with van der Waals surface area (Å²) in [5, 5.41) is 0. The van der Waals surface area contributed by atoms with Crippen molar-refractivity contribution in [2.24, 2.45) is 0 Å². The number of hydrogen-bond donors (Lipinski definition) is 0. The summed E-state index contributed by atoms with van der Waals surface area (Å²) >= 11 is 0. The van der Waals surface area contributed by atoms with Gasteiger partial charge in [-0.3, -0.25) is 0 Å². The summed E-state index contributed by atoms with van der Waals surface area (Å²) in [5.74, 6) is -3.29. The molecule has 1 aromatic carbocycles. The van der Waals surface area contributed by atoms with Gasteiger partial charge in [-0.05, 0) is 12.1 Å². The van der Waals surface area contributed by atoms with Crippen LogP contribution in [0.15, 0.2) is 24.3 Å². The van der Waals surface area contributed by atoms with Gasteiger partial charge in [0.2, 0.25) is 0 Å². The van der Waals surface area contributed by atoms with Crippen LogP contribution in [0, 0.1) is 0 Å². The molecule has 0 saturated carbocycles. The van der Waals surface area contributed by atoms with E-state index in [1.807, 2.05) is 0 Å². The Kier molecular flexibility index (Phi) is 4.45. The first-order valence-corrected chi connectivity index (χ1v) is 5.03. The molecule has 0 radical (unpaired) electrons. The molecule has 0 heterocycles. The van der Waals surface area contributed by atoms with Crippen molar-refractivity contribution >= 4 is 0 Å². The Morgan fingerprint density at radius 1 is 0.545 bits per heavy atom. The Hall–Kier alpha value is -1.88. The van der Waals surface area contributed by atoms with Crippen LogP contribution in [0.1, 0.15) is 0 Å². The number of alkyl halides is 10. The number of para-hydroxylation sites is 2. The summed E-state index contributed by atoms with van der Waals surface area (Å²) in [4.78, 5) is 0. The van der Waals surface area contributed by atoms with Gasteiger partial charge >= 0.3 is 24.6 Å². The molecule has 1 aromatic rings. The minimum atomic E-state index is -6.22. The SMILES string of the molecule is FC(F)(F)C(F)(F)Oc1ccccc1OC(F)(F)C(F)(F)F. The van der Waals surface area contributed by atoms with Crippen molar-refractivity contribution in [1.29, 1.82) is 0 Å². The van der Waals surface area contributed by atoms with E-state index in [0.29, 0.717) is 12.1 Å². The predicted molar refractivity (Wildman–Crippen MR) is 49.7 cm³/mol. The fourth-order valence-corrected chi connectivity index (χ4v) is 1.01. The van der Waals surface area contributed by atoms with E-state index in [1.165, 1.54) is 0 Å². The fraction of sp³-hybridized carbons (Fsp3) is 0.400. The average Bonchev–Trinajstić information content (AvgIpc) is 2.28. The lowest BCUT2D eigenvalue weighted by Crippen LogP contribution is -2.43. The second-order valence-corrected chi connectivity index (χ2v) is 3.68. The first-order valence-electron chi connectivity index (χ1n) is 5.03. The topological polar surface area (TPSA) is 18.5 Å². The predicted octanol–water partition coefficient (Wildman–Crippen LogP) is 4.75. The summed E-state index contributed by atoms with van der Waals surface area (Å²) < 4.78 is 129. The van der Waals surface area contributed by atoms with Crippen LogP contribution in [-0.2, 0) is 0 Å². The van der Waals surface area contributed by atoms with Gasteiger partial charge in [0, 0.05) is 0 Å². The van der Waals surface area contributed by atoms with Crippen LogP contribution in [0.2, 0.25) is 0 Å². The highest BCUT2D eigenvalue weighted by Crippen LogP contribution is 2.43. The molecule has 0 N–H and O–H groups in total. The van der Waals surface area contributed by atoms with Crippen molar-refractivity contribution in [2.45, 2.75) is 24.6 Å². The molecule has 0 bridgehead atoms. The first kappa shape index (κ1) is 18.2. The van der Waals surface area contributed by atoms with Gasteiger partial charge in [-0.25, -0.2) is 0 Å². The van der Waals surface area contributed by atoms with Crippen LogP contribution >= 0.6 is 0 Å². The third-order valence-corrected chi connectivity index (χ3v) is 1.99. The quantitative estimate of drug-likeness (QED) is 0.733. The van der Waals surface area contributed by atoms with E-state index in [2.05, 4.69) is 9.47 Å². The normalized spacial score (nSPS) is 13.9. The maximum Gasteiger partial charge on any atom is 0.499 e. The van der Waals surface area contributed by atoms with Crippen molar-refractivity contribution in [3.63, 3.8) is 0 Å².